The molecule has 0 bridgehead atoms. The summed E-state index contributed by atoms with van der Waals surface area (Å²) in [6, 6.07) is 4.94. The quantitative estimate of drug-likeness (QED) is 0.0126. The number of nitrogens with zero attached hydrogens (tertiary/aromatic N) is 4. The molecule has 0 radical (unpaired) electrons. The minimum absolute atomic E-state index is 0.0144. The van der Waals surface area contributed by atoms with Gasteiger partial charge in [-0.25, -0.2) is 4.79 Å². The van der Waals surface area contributed by atoms with Crippen LogP contribution < -0.4 is 0 Å². The van der Waals surface area contributed by atoms with Crippen molar-refractivity contribution in [3.63, 3.8) is 0 Å². The van der Waals surface area contributed by atoms with Gasteiger partial charge in [-0.3, -0.25) is 19.2 Å². The molecule has 0 aromatic carbocycles. The Balaban J connectivity index is 2.22. The first-order valence-electron chi connectivity index (χ1n) is 29.6. The Morgan fingerprint density at radius 2 is 1.34 bits per heavy atom. The van der Waals surface area contributed by atoms with Crippen LogP contribution >= 0.6 is 0 Å². The summed E-state index contributed by atoms with van der Waals surface area (Å²) < 4.78 is 30.0. The van der Waals surface area contributed by atoms with E-state index in [4.69, 9.17) is 23.7 Å². The van der Waals surface area contributed by atoms with Crippen molar-refractivity contribution in [2.45, 2.75) is 200 Å². The van der Waals surface area contributed by atoms with E-state index in [2.05, 4.69) is 25.1 Å². The first kappa shape index (κ1) is 73.1. The number of aliphatic hydroxyl groups is 4. The number of hydrogen-bond acceptors (Lipinski definition) is 17. The largest absolute Gasteiger partial charge is 0.480 e. The second kappa shape index (κ2) is 39.5. The van der Waals surface area contributed by atoms with Crippen LogP contribution in [0.4, 0.5) is 0 Å². The second-order valence-electron chi connectivity index (χ2n) is 23.3. The zero-order valence-corrected chi connectivity index (χ0v) is 50.3. The van der Waals surface area contributed by atoms with Crippen molar-refractivity contribution in [3.05, 3.63) is 47.6 Å². The van der Waals surface area contributed by atoms with Gasteiger partial charge in [-0.15, -0.1) is 0 Å². The Hall–Kier alpha value is -4.98. The Labute approximate surface area is 488 Å². The van der Waals surface area contributed by atoms with E-state index < -0.39 is 71.0 Å². The molecule has 1 saturated carbocycles. The predicted molar refractivity (Wildman–Crippen MR) is 308 cm³/mol. The van der Waals surface area contributed by atoms with Gasteiger partial charge in [0.15, 0.2) is 5.78 Å². The zero-order valence-electron chi connectivity index (χ0n) is 50.3. The van der Waals surface area contributed by atoms with Crippen molar-refractivity contribution in [3.8, 4) is 18.2 Å². The molecule has 0 spiro atoms. The van der Waals surface area contributed by atoms with Crippen LogP contribution in [0.3, 0.4) is 0 Å². The number of aliphatic hydroxyl groups excluding tert-OH is 2. The molecule has 2 rings (SSSR count). The molecule has 9 atom stereocenters. The zero-order chi connectivity index (χ0) is 61.3. The number of aliphatic carboxylic acids is 1. The fourth-order valence-electron chi connectivity index (χ4n) is 10.7. The number of carbonyl (C=O) groups excluding carboxylic acids is 4. The third kappa shape index (κ3) is 26.3. The Morgan fingerprint density at radius 3 is 1.90 bits per heavy atom. The van der Waals surface area contributed by atoms with E-state index in [1.165, 1.54) is 14.0 Å². The molecule has 2 fully saturated rings. The van der Waals surface area contributed by atoms with Crippen LogP contribution in [0, 0.1) is 74.9 Å². The summed E-state index contributed by atoms with van der Waals surface area (Å²) in [7, 11) is 1.39. The molecule has 1 amide bonds. The van der Waals surface area contributed by atoms with Crippen molar-refractivity contribution in [2.75, 3.05) is 59.9 Å². The van der Waals surface area contributed by atoms with Gasteiger partial charge in [0.2, 0.25) is 5.79 Å². The summed E-state index contributed by atoms with van der Waals surface area (Å²) in [6.07, 6.45) is 17.5. The van der Waals surface area contributed by atoms with Gasteiger partial charge in [0.1, 0.15) is 24.0 Å². The highest BCUT2D eigenvalue weighted by Gasteiger charge is 2.47. The topological polar surface area (TPSA) is 307 Å². The summed E-state index contributed by atoms with van der Waals surface area (Å²) in [5.41, 5.74) is 0.381. The molecule has 82 heavy (non-hydrogen) atoms. The molecule has 19 heteroatoms. The molecule has 1 saturated heterocycles. The Kier molecular flexibility index (Phi) is 35.3. The minimum Gasteiger partial charge on any atom is -0.480 e. The summed E-state index contributed by atoms with van der Waals surface area (Å²) in [5, 5.41) is 80.3. The number of nitriles is 3. The van der Waals surface area contributed by atoms with Gasteiger partial charge in [-0.05, 0) is 120 Å². The molecule has 19 nitrogen and oxygen atoms in total. The fraction of sp³-hybridized carbons (Fsp3) is 0.746. The van der Waals surface area contributed by atoms with Crippen LogP contribution in [0.1, 0.15) is 164 Å². The lowest BCUT2D eigenvalue weighted by Gasteiger charge is -2.35. The molecular weight excluding hydrogens is 1050 g/mol. The molecule has 460 valence electrons. The number of amides is 1. The lowest BCUT2D eigenvalue weighted by molar-refractivity contribution is -0.205. The van der Waals surface area contributed by atoms with Crippen LogP contribution in [0.25, 0.3) is 0 Å². The number of methoxy groups -OCH3 is 1. The van der Waals surface area contributed by atoms with Gasteiger partial charge in [-0.1, -0.05) is 83.9 Å². The average molecular weight is 1150 g/mol. The molecule has 1 heterocycles. The molecule has 5 N–H and O–H groups in total. The van der Waals surface area contributed by atoms with Crippen molar-refractivity contribution in [1.29, 1.82) is 15.8 Å². The van der Waals surface area contributed by atoms with Gasteiger partial charge in [-0.2, -0.15) is 15.8 Å². The third-order valence-corrected chi connectivity index (χ3v) is 16.0. The fourth-order valence-corrected chi connectivity index (χ4v) is 10.7. The Bertz CT molecular complexity index is 2160. The lowest BCUT2D eigenvalue weighted by Crippen LogP contribution is -2.57. The van der Waals surface area contributed by atoms with E-state index in [1.54, 1.807) is 19.9 Å². The highest BCUT2D eigenvalue weighted by atomic mass is 16.5. The number of rotatable bonds is 42. The maximum atomic E-state index is 13.7. The lowest BCUT2D eigenvalue weighted by atomic mass is 9.80. The highest BCUT2D eigenvalue weighted by molar-refractivity contribution is 6.39. The number of ketones is 3. The van der Waals surface area contributed by atoms with E-state index in [0.717, 1.165) is 49.0 Å². The van der Waals surface area contributed by atoms with Crippen molar-refractivity contribution in [1.82, 2.24) is 4.90 Å². The molecular formula is C63H98N4O15. The molecule has 2 aliphatic rings. The Morgan fingerprint density at radius 1 is 0.756 bits per heavy atom. The number of piperidine rings is 1. The van der Waals surface area contributed by atoms with Gasteiger partial charge in [0.05, 0.1) is 101 Å². The van der Waals surface area contributed by atoms with Crippen LogP contribution in [0.5, 0.6) is 0 Å². The summed E-state index contributed by atoms with van der Waals surface area (Å²) in [5.74, 6) is -8.26. The molecule has 0 aromatic rings. The highest BCUT2D eigenvalue weighted by Crippen LogP contribution is 2.32. The normalized spacial score (nSPS) is 20.5. The van der Waals surface area contributed by atoms with E-state index in [1.807, 2.05) is 51.2 Å². The molecule has 1 aliphatic heterocycles. The van der Waals surface area contributed by atoms with Crippen LogP contribution in [0.15, 0.2) is 47.6 Å². The molecule has 1 unspecified atom stereocenters. The number of carbonyl (C=O) groups is 5. The second-order valence-corrected chi connectivity index (χ2v) is 23.3. The van der Waals surface area contributed by atoms with Gasteiger partial charge >= 0.3 is 5.97 Å². The first-order chi connectivity index (χ1) is 39.0. The SMILES string of the molecule is CO[C@@H](C(=O)[C@H](C)C[C@H](C)/C=C/C=C/C=C(\C)C(CCCC[C@@H](C)C(O)(O)C(=O)C(=O)N1CCCC[C@H]1C(=O)O)OCC(COCCC#N)(COCCC#N)COCCC#N)[C@H](O)/C(C)=C/[C@@H](C)C(=O)CC[C@H](C)C[C@H]1CC[C@H](O)CC1. The number of likely N-dealkylation sites (tertiary alicyclic amines) is 1. The monoisotopic (exact) mass is 1150 g/mol. The van der Waals surface area contributed by atoms with Crippen molar-refractivity contribution < 1.29 is 73.2 Å². The number of hydrogen-bond donors (Lipinski definition) is 5. The molecule has 0 aromatic heterocycles. The van der Waals surface area contributed by atoms with Crippen molar-refractivity contribution in [2.24, 2.45) is 40.9 Å². The van der Waals surface area contributed by atoms with Crippen LogP contribution in [-0.4, -0.2) is 156 Å². The van der Waals surface area contributed by atoms with E-state index in [-0.39, 0.29) is 108 Å². The van der Waals surface area contributed by atoms with Crippen LogP contribution in [0.2, 0.25) is 0 Å². The minimum atomic E-state index is -3.04. The summed E-state index contributed by atoms with van der Waals surface area (Å²) in [6.45, 7) is 13.5. The first-order valence-corrected chi connectivity index (χ1v) is 29.6. The summed E-state index contributed by atoms with van der Waals surface area (Å²) in [4.78, 5) is 66.0. The number of allylic oxidation sites excluding steroid dienone is 6. The number of ether oxygens (including phenoxy) is 5. The smallest absolute Gasteiger partial charge is 0.326 e. The van der Waals surface area contributed by atoms with Crippen molar-refractivity contribution >= 4 is 29.2 Å². The van der Waals surface area contributed by atoms with Gasteiger partial charge in [0, 0.05) is 37.8 Å². The standard InChI is InChI=1S/C63H98N4O15/c1-44(37-48(5)56(70)58(78-8)57(71)49(6)39-47(4)54(69)29-24-45(2)38-51-25-27-52(68)28-26-51)19-10-9-11-20-46(3)55(82-43-62(40-79-34-16-30-64,41-80-35-17-31-65)42-81-36-18-32-66)23-13-12-21-50(7)63(76,77)59(72)60(73)67-33-15-14-22-53(67)61(74)75/h9-11,19-20,39,44-45,47-48,50-53,55,57-58,68,71,76-77H,12-18,21-29,33-38,40-43H2,1-8H3,(H,74,75)/b11-9+,19-10+,46-20+,49-39+/t44-,45+,47-,48-,50-,51-,52-,53+,55?,57-,58+/m1/s1. The predicted octanol–water partition coefficient (Wildman–Crippen LogP) is 8.24. The number of unbranched alkanes of at least 4 members (excludes halogenated alkanes) is 1. The van der Waals surface area contributed by atoms with Gasteiger partial charge in [0.25, 0.3) is 11.7 Å². The number of carboxylic acid groups (broad SMARTS) is 1. The third-order valence-electron chi connectivity index (χ3n) is 16.0. The molecule has 1 aliphatic carbocycles. The maximum absolute atomic E-state index is 13.7. The van der Waals surface area contributed by atoms with E-state index in [9.17, 15) is 65.3 Å². The average Bonchev–Trinajstić information content (AvgIpc) is 3.50. The van der Waals surface area contributed by atoms with Crippen LogP contribution in [-0.2, 0) is 47.7 Å². The van der Waals surface area contributed by atoms with E-state index >= 15 is 0 Å². The maximum Gasteiger partial charge on any atom is 0.326 e. The number of carboxylic acids is 1. The van der Waals surface area contributed by atoms with Gasteiger partial charge < -0.3 is 54.1 Å². The van der Waals surface area contributed by atoms with E-state index in [0.29, 0.717) is 62.4 Å². The number of Topliss-reactive ketones (excluding diaryl/α,β-unsaturated/α-hetero) is 3. The summed E-state index contributed by atoms with van der Waals surface area (Å²) >= 11 is 0.